The Morgan fingerprint density at radius 3 is 2.62 bits per heavy atom. The van der Waals surface area contributed by atoms with Gasteiger partial charge in [0.15, 0.2) is 5.82 Å². The van der Waals surface area contributed by atoms with Crippen molar-refractivity contribution < 1.29 is 0 Å². The van der Waals surface area contributed by atoms with Crippen molar-refractivity contribution in [3.05, 3.63) is 53.4 Å². The highest BCUT2D eigenvalue weighted by molar-refractivity contribution is 6.29. The summed E-state index contributed by atoms with van der Waals surface area (Å²) in [5.41, 5.74) is 1.59. The van der Waals surface area contributed by atoms with Crippen LogP contribution in [0.2, 0.25) is 5.15 Å². The van der Waals surface area contributed by atoms with Gasteiger partial charge >= 0.3 is 0 Å². The molecule has 26 heavy (non-hydrogen) atoms. The minimum atomic E-state index is 0.198. The molecule has 2 N–H and O–H groups in total. The normalized spacial score (nSPS) is 10.4. The van der Waals surface area contributed by atoms with E-state index in [1.165, 1.54) is 0 Å². The van der Waals surface area contributed by atoms with E-state index in [0.29, 0.717) is 39.7 Å². The maximum Gasteiger partial charge on any atom is 0.182 e. The Bertz CT molecular complexity index is 966. The second-order valence-electron chi connectivity index (χ2n) is 5.77. The predicted molar refractivity (Wildman–Crippen MR) is 101 cm³/mol. The molecule has 3 rings (SSSR count). The lowest BCUT2D eigenvalue weighted by Gasteiger charge is -2.13. The first kappa shape index (κ1) is 17.6. The molecule has 0 amide bonds. The minimum absolute atomic E-state index is 0.198. The number of hydrogen-bond acceptors (Lipinski definition) is 7. The highest BCUT2D eigenvalue weighted by Gasteiger charge is 2.10. The molecule has 0 aliphatic rings. The Labute approximate surface area is 156 Å². The van der Waals surface area contributed by atoms with Gasteiger partial charge < -0.3 is 10.6 Å². The van der Waals surface area contributed by atoms with E-state index in [1.807, 2.05) is 19.9 Å². The van der Waals surface area contributed by atoms with Crippen LogP contribution < -0.4 is 10.6 Å². The summed E-state index contributed by atoms with van der Waals surface area (Å²) in [5.74, 6) is 1.66. The van der Waals surface area contributed by atoms with Crippen molar-refractivity contribution >= 4 is 28.9 Å². The van der Waals surface area contributed by atoms with Crippen molar-refractivity contribution in [2.24, 2.45) is 0 Å². The number of anilines is 3. The summed E-state index contributed by atoms with van der Waals surface area (Å²) in [4.78, 5) is 17.3. The van der Waals surface area contributed by atoms with Crippen LogP contribution in [0.3, 0.4) is 0 Å². The van der Waals surface area contributed by atoms with E-state index in [4.69, 9.17) is 16.9 Å². The van der Waals surface area contributed by atoms with Crippen LogP contribution in [0, 0.1) is 11.3 Å². The largest absolute Gasteiger partial charge is 0.368 e. The Kier molecular flexibility index (Phi) is 5.25. The number of hydrogen-bond donors (Lipinski definition) is 2. The van der Waals surface area contributed by atoms with Crippen LogP contribution in [-0.2, 0) is 0 Å². The number of halogens is 1. The molecule has 0 aliphatic heterocycles. The molecule has 3 aromatic heterocycles. The molecule has 0 radical (unpaired) electrons. The molecule has 3 heterocycles. The molecular formula is C18H16ClN7. The third-order valence-corrected chi connectivity index (χ3v) is 3.46. The molecule has 0 bridgehead atoms. The number of nitrogens with zero attached hydrogens (tertiary/aromatic N) is 5. The van der Waals surface area contributed by atoms with Crippen LogP contribution in [0.15, 0.2) is 42.6 Å². The summed E-state index contributed by atoms with van der Waals surface area (Å²) >= 11 is 5.99. The van der Waals surface area contributed by atoms with Crippen molar-refractivity contribution in [2.75, 3.05) is 10.6 Å². The van der Waals surface area contributed by atoms with Crippen LogP contribution in [-0.4, -0.2) is 26.0 Å². The van der Waals surface area contributed by atoms with E-state index in [-0.39, 0.29) is 6.04 Å². The third-order valence-electron chi connectivity index (χ3n) is 3.25. The lowest BCUT2D eigenvalue weighted by Crippen LogP contribution is -2.12. The molecule has 0 saturated heterocycles. The quantitative estimate of drug-likeness (QED) is 0.658. The van der Waals surface area contributed by atoms with Gasteiger partial charge in [0.1, 0.15) is 34.2 Å². The van der Waals surface area contributed by atoms with Crippen LogP contribution in [0.25, 0.3) is 11.5 Å². The second kappa shape index (κ2) is 7.76. The van der Waals surface area contributed by atoms with Gasteiger partial charge in [-0.05, 0) is 38.1 Å². The molecule has 7 nitrogen and oxygen atoms in total. The van der Waals surface area contributed by atoms with Crippen molar-refractivity contribution in [3.63, 3.8) is 0 Å². The van der Waals surface area contributed by atoms with E-state index < -0.39 is 0 Å². The molecular weight excluding hydrogens is 350 g/mol. The fourth-order valence-electron chi connectivity index (χ4n) is 2.25. The Morgan fingerprint density at radius 2 is 1.88 bits per heavy atom. The number of pyridine rings is 2. The summed E-state index contributed by atoms with van der Waals surface area (Å²) in [5, 5.41) is 15.8. The van der Waals surface area contributed by atoms with Crippen molar-refractivity contribution in [1.82, 2.24) is 19.9 Å². The maximum absolute atomic E-state index is 8.99. The summed E-state index contributed by atoms with van der Waals surface area (Å²) < 4.78 is 0. The van der Waals surface area contributed by atoms with Crippen LogP contribution >= 0.6 is 11.6 Å². The van der Waals surface area contributed by atoms with Gasteiger partial charge in [-0.15, -0.1) is 0 Å². The lowest BCUT2D eigenvalue weighted by atomic mass is 10.3. The van der Waals surface area contributed by atoms with E-state index in [9.17, 15) is 0 Å². The summed E-state index contributed by atoms with van der Waals surface area (Å²) in [6.45, 7) is 4.04. The SMILES string of the molecule is CC(C)Nc1cc(Nc2ccnc(C#N)c2)nc(-c2cccc(Cl)n2)n1. The first-order chi connectivity index (χ1) is 12.5. The Hall–Kier alpha value is -3.24. The summed E-state index contributed by atoms with van der Waals surface area (Å²) in [6, 6.07) is 12.7. The second-order valence-corrected chi connectivity index (χ2v) is 6.16. The molecule has 0 spiro atoms. The standard InChI is InChI=1S/C18H16ClN7/c1-11(2)22-16-9-17(23-12-6-7-21-13(8-12)10-20)26-18(25-16)14-4-3-5-15(19)24-14/h3-9,11H,1-2H3,(H2,21,22,23,25,26). The van der Waals surface area contributed by atoms with Gasteiger partial charge in [0.05, 0.1) is 0 Å². The lowest BCUT2D eigenvalue weighted by molar-refractivity contribution is 0.887. The highest BCUT2D eigenvalue weighted by atomic mass is 35.5. The molecule has 0 saturated carbocycles. The number of nitriles is 1. The average Bonchev–Trinajstić information content (AvgIpc) is 2.61. The van der Waals surface area contributed by atoms with Gasteiger partial charge in [-0.2, -0.15) is 5.26 Å². The zero-order valence-corrected chi connectivity index (χ0v) is 15.0. The van der Waals surface area contributed by atoms with Crippen molar-refractivity contribution in [3.8, 4) is 17.6 Å². The molecule has 0 aliphatic carbocycles. The number of nitrogens with one attached hydrogen (secondary N) is 2. The Balaban J connectivity index is 2.00. The summed E-state index contributed by atoms with van der Waals surface area (Å²) in [7, 11) is 0. The molecule has 0 fully saturated rings. The molecule has 130 valence electrons. The smallest absolute Gasteiger partial charge is 0.182 e. The van der Waals surface area contributed by atoms with Gasteiger partial charge in [-0.1, -0.05) is 17.7 Å². The molecule has 0 atom stereocenters. The van der Waals surface area contributed by atoms with Crippen molar-refractivity contribution in [1.29, 1.82) is 5.26 Å². The average molecular weight is 366 g/mol. The first-order valence-electron chi connectivity index (χ1n) is 7.95. The van der Waals surface area contributed by atoms with E-state index in [0.717, 1.165) is 0 Å². The summed E-state index contributed by atoms with van der Waals surface area (Å²) in [6.07, 6.45) is 1.56. The zero-order chi connectivity index (χ0) is 18.5. The van der Waals surface area contributed by atoms with E-state index in [1.54, 1.807) is 42.6 Å². The van der Waals surface area contributed by atoms with Gasteiger partial charge in [0.25, 0.3) is 0 Å². The Morgan fingerprint density at radius 1 is 1.08 bits per heavy atom. The third kappa shape index (κ3) is 4.43. The first-order valence-corrected chi connectivity index (χ1v) is 8.33. The van der Waals surface area contributed by atoms with Crippen molar-refractivity contribution in [2.45, 2.75) is 19.9 Å². The monoisotopic (exact) mass is 365 g/mol. The van der Waals surface area contributed by atoms with E-state index in [2.05, 4.69) is 30.6 Å². The highest BCUT2D eigenvalue weighted by Crippen LogP contribution is 2.23. The van der Waals surface area contributed by atoms with Crippen LogP contribution in [0.4, 0.5) is 17.3 Å². The van der Waals surface area contributed by atoms with Gasteiger partial charge in [0, 0.05) is 24.0 Å². The van der Waals surface area contributed by atoms with Gasteiger partial charge in [-0.25, -0.2) is 19.9 Å². The number of rotatable bonds is 5. The predicted octanol–water partition coefficient (Wildman–Crippen LogP) is 4.02. The zero-order valence-electron chi connectivity index (χ0n) is 14.2. The maximum atomic E-state index is 8.99. The number of aromatic nitrogens is 4. The fraction of sp³-hybridized carbons (Fsp3) is 0.167. The molecule has 0 aromatic carbocycles. The fourth-order valence-corrected chi connectivity index (χ4v) is 2.41. The van der Waals surface area contributed by atoms with Gasteiger partial charge in [0.2, 0.25) is 0 Å². The van der Waals surface area contributed by atoms with E-state index >= 15 is 0 Å². The minimum Gasteiger partial charge on any atom is -0.368 e. The van der Waals surface area contributed by atoms with Crippen LogP contribution in [0.1, 0.15) is 19.5 Å². The molecule has 0 unspecified atom stereocenters. The molecule has 8 heteroatoms. The van der Waals surface area contributed by atoms with Crippen LogP contribution in [0.5, 0.6) is 0 Å². The topological polar surface area (TPSA) is 99.4 Å². The molecule has 3 aromatic rings. The van der Waals surface area contributed by atoms with Gasteiger partial charge in [-0.3, -0.25) is 0 Å².